The minimum atomic E-state index is -1.11. The van der Waals surface area contributed by atoms with Gasteiger partial charge < -0.3 is 15.0 Å². The van der Waals surface area contributed by atoms with Crippen LogP contribution in [-0.2, 0) is 16.1 Å². The standard InChI is InChI=1S/C18H20N2O4/c1-13-7-5-11-20(17(13)22)12-6-10-15(21)19-16(18(23)24)14-8-3-2-4-9-14/h2-5,7-9,11,16H,6,10,12H2,1H3,(H,19,21)(H,23,24). The smallest absolute Gasteiger partial charge is 0.330 e. The summed E-state index contributed by atoms with van der Waals surface area (Å²) in [5, 5.41) is 11.8. The number of rotatable bonds is 7. The minimum absolute atomic E-state index is 0.0781. The van der Waals surface area contributed by atoms with E-state index in [1.165, 1.54) is 0 Å². The molecule has 1 atom stereocenters. The number of hydrogen-bond donors (Lipinski definition) is 2. The maximum atomic E-state index is 12.0. The molecule has 6 heteroatoms. The van der Waals surface area contributed by atoms with Crippen LogP contribution in [0.5, 0.6) is 0 Å². The first kappa shape index (κ1) is 17.5. The van der Waals surface area contributed by atoms with Crippen LogP contribution in [0.4, 0.5) is 0 Å². The van der Waals surface area contributed by atoms with Crippen molar-refractivity contribution < 1.29 is 14.7 Å². The molecule has 0 bridgehead atoms. The summed E-state index contributed by atoms with van der Waals surface area (Å²) in [4.78, 5) is 35.2. The summed E-state index contributed by atoms with van der Waals surface area (Å²) in [5.41, 5.74) is 1.09. The quantitative estimate of drug-likeness (QED) is 0.812. The summed E-state index contributed by atoms with van der Waals surface area (Å²) in [6.45, 7) is 2.15. The van der Waals surface area contributed by atoms with E-state index in [9.17, 15) is 19.5 Å². The Kier molecular flexibility index (Phi) is 5.89. The van der Waals surface area contributed by atoms with Gasteiger partial charge in [-0.3, -0.25) is 9.59 Å². The predicted octanol–water partition coefficient (Wildman–Crippen LogP) is 1.88. The van der Waals surface area contributed by atoms with Crippen molar-refractivity contribution in [2.75, 3.05) is 0 Å². The number of carboxylic acid groups (broad SMARTS) is 1. The van der Waals surface area contributed by atoms with Gasteiger partial charge in [-0.15, -0.1) is 0 Å². The third kappa shape index (κ3) is 4.55. The Morgan fingerprint density at radius 2 is 1.88 bits per heavy atom. The first-order valence-corrected chi connectivity index (χ1v) is 7.72. The first-order chi connectivity index (χ1) is 11.5. The van der Waals surface area contributed by atoms with Gasteiger partial charge in [0.15, 0.2) is 6.04 Å². The van der Waals surface area contributed by atoms with Crippen molar-refractivity contribution in [2.45, 2.75) is 32.4 Å². The lowest BCUT2D eigenvalue weighted by atomic mass is 10.1. The molecule has 1 unspecified atom stereocenters. The summed E-state index contributed by atoms with van der Waals surface area (Å²) >= 11 is 0. The topological polar surface area (TPSA) is 88.4 Å². The van der Waals surface area contributed by atoms with Gasteiger partial charge >= 0.3 is 5.97 Å². The Bertz CT molecular complexity index is 768. The zero-order valence-electron chi connectivity index (χ0n) is 13.4. The summed E-state index contributed by atoms with van der Waals surface area (Å²) in [6.07, 6.45) is 2.28. The SMILES string of the molecule is Cc1cccn(CCCC(=O)NC(C(=O)O)c2ccccc2)c1=O. The lowest BCUT2D eigenvalue weighted by molar-refractivity contribution is -0.142. The van der Waals surface area contributed by atoms with Crippen molar-refractivity contribution in [3.05, 3.63) is 70.1 Å². The van der Waals surface area contributed by atoms with Crippen LogP contribution in [0.3, 0.4) is 0 Å². The second-order valence-electron chi connectivity index (χ2n) is 5.54. The van der Waals surface area contributed by atoms with E-state index in [1.54, 1.807) is 60.2 Å². The fourth-order valence-electron chi connectivity index (χ4n) is 2.41. The molecule has 6 nitrogen and oxygen atoms in total. The van der Waals surface area contributed by atoms with Gasteiger partial charge in [0.05, 0.1) is 0 Å². The van der Waals surface area contributed by atoms with Crippen LogP contribution in [0, 0.1) is 6.92 Å². The molecule has 2 N–H and O–H groups in total. The maximum Gasteiger partial charge on any atom is 0.330 e. The van der Waals surface area contributed by atoms with Crippen LogP contribution in [0.15, 0.2) is 53.5 Å². The van der Waals surface area contributed by atoms with Crippen LogP contribution in [0.1, 0.15) is 30.0 Å². The first-order valence-electron chi connectivity index (χ1n) is 7.72. The van der Waals surface area contributed by atoms with Crippen molar-refractivity contribution >= 4 is 11.9 Å². The van der Waals surface area contributed by atoms with E-state index >= 15 is 0 Å². The van der Waals surface area contributed by atoms with Gasteiger partial charge in [-0.2, -0.15) is 0 Å². The molecule has 0 saturated carbocycles. The molecule has 2 aromatic rings. The monoisotopic (exact) mass is 328 g/mol. The normalized spacial score (nSPS) is 11.7. The number of aliphatic carboxylic acids is 1. The van der Waals surface area contributed by atoms with Crippen LogP contribution in [-0.4, -0.2) is 21.6 Å². The van der Waals surface area contributed by atoms with Gasteiger partial charge in [0.2, 0.25) is 5.91 Å². The maximum absolute atomic E-state index is 12.0. The second-order valence-corrected chi connectivity index (χ2v) is 5.54. The number of aromatic nitrogens is 1. The number of nitrogens with one attached hydrogen (secondary N) is 1. The molecule has 0 spiro atoms. The van der Waals surface area contributed by atoms with E-state index in [1.807, 2.05) is 0 Å². The van der Waals surface area contributed by atoms with Crippen LogP contribution >= 0.6 is 0 Å². The average Bonchev–Trinajstić information content (AvgIpc) is 2.57. The largest absolute Gasteiger partial charge is 0.479 e. The van der Waals surface area contributed by atoms with Crippen LogP contribution in [0.25, 0.3) is 0 Å². The molecule has 0 aliphatic rings. The molecule has 1 aromatic heterocycles. The molecule has 1 aromatic carbocycles. The molecule has 1 heterocycles. The zero-order chi connectivity index (χ0) is 17.5. The third-order valence-corrected chi connectivity index (χ3v) is 3.70. The molecular formula is C18H20N2O4. The number of benzene rings is 1. The second kappa shape index (κ2) is 8.10. The highest BCUT2D eigenvalue weighted by Crippen LogP contribution is 2.13. The minimum Gasteiger partial charge on any atom is -0.479 e. The molecule has 24 heavy (non-hydrogen) atoms. The number of amides is 1. The van der Waals surface area contributed by atoms with E-state index in [-0.39, 0.29) is 17.9 Å². The fraction of sp³-hybridized carbons (Fsp3) is 0.278. The molecule has 0 aliphatic heterocycles. The molecule has 2 rings (SSSR count). The Balaban J connectivity index is 1.91. The summed E-state index contributed by atoms with van der Waals surface area (Å²) in [5.74, 6) is -1.46. The van der Waals surface area contributed by atoms with Gasteiger partial charge in [-0.1, -0.05) is 36.4 Å². The van der Waals surface area contributed by atoms with Gasteiger partial charge in [0.1, 0.15) is 0 Å². The number of nitrogens with zero attached hydrogens (tertiary/aromatic N) is 1. The Hall–Kier alpha value is -2.89. The lowest BCUT2D eigenvalue weighted by Gasteiger charge is -2.15. The number of carbonyl (C=O) groups is 2. The van der Waals surface area contributed by atoms with E-state index in [2.05, 4.69) is 5.32 Å². The molecular weight excluding hydrogens is 308 g/mol. The number of pyridine rings is 1. The van der Waals surface area contributed by atoms with Crippen LogP contribution in [0.2, 0.25) is 0 Å². The lowest BCUT2D eigenvalue weighted by Crippen LogP contribution is -2.33. The van der Waals surface area contributed by atoms with Crippen LogP contribution < -0.4 is 10.9 Å². The summed E-state index contributed by atoms with van der Waals surface area (Å²) in [6, 6.07) is 11.0. The Morgan fingerprint density at radius 3 is 2.54 bits per heavy atom. The molecule has 126 valence electrons. The molecule has 0 radical (unpaired) electrons. The molecule has 0 saturated heterocycles. The highest BCUT2D eigenvalue weighted by molar-refractivity contribution is 5.84. The third-order valence-electron chi connectivity index (χ3n) is 3.70. The van der Waals surface area contributed by atoms with E-state index in [4.69, 9.17) is 0 Å². The Labute approximate surface area is 139 Å². The zero-order valence-corrected chi connectivity index (χ0v) is 13.4. The predicted molar refractivity (Wildman–Crippen MR) is 89.6 cm³/mol. The highest BCUT2D eigenvalue weighted by atomic mass is 16.4. The van der Waals surface area contributed by atoms with Gasteiger partial charge in [0.25, 0.3) is 5.56 Å². The highest BCUT2D eigenvalue weighted by Gasteiger charge is 2.21. The Morgan fingerprint density at radius 1 is 1.17 bits per heavy atom. The number of aryl methyl sites for hydroxylation is 2. The fourth-order valence-corrected chi connectivity index (χ4v) is 2.41. The molecule has 1 amide bonds. The summed E-state index contributed by atoms with van der Waals surface area (Å²) < 4.78 is 1.55. The van der Waals surface area contributed by atoms with Crippen molar-refractivity contribution in [1.29, 1.82) is 0 Å². The van der Waals surface area contributed by atoms with Crippen molar-refractivity contribution in [3.63, 3.8) is 0 Å². The van der Waals surface area contributed by atoms with E-state index in [0.717, 1.165) is 0 Å². The number of hydrogen-bond acceptors (Lipinski definition) is 3. The van der Waals surface area contributed by atoms with Gasteiger partial charge in [-0.25, -0.2) is 4.79 Å². The molecule has 0 fully saturated rings. The van der Waals surface area contributed by atoms with Crippen molar-refractivity contribution in [1.82, 2.24) is 9.88 Å². The molecule has 0 aliphatic carbocycles. The van der Waals surface area contributed by atoms with Crippen molar-refractivity contribution in [2.24, 2.45) is 0 Å². The van der Waals surface area contributed by atoms with Gasteiger partial charge in [-0.05, 0) is 25.0 Å². The van der Waals surface area contributed by atoms with E-state index < -0.39 is 12.0 Å². The summed E-state index contributed by atoms with van der Waals surface area (Å²) in [7, 11) is 0. The van der Waals surface area contributed by atoms with Gasteiger partial charge in [0, 0.05) is 24.7 Å². The average molecular weight is 328 g/mol. The van der Waals surface area contributed by atoms with Crippen molar-refractivity contribution in [3.8, 4) is 0 Å². The number of carboxylic acids is 1. The van der Waals surface area contributed by atoms with E-state index in [0.29, 0.717) is 24.1 Å². The number of carbonyl (C=O) groups excluding carboxylic acids is 1.